The van der Waals surface area contributed by atoms with Crippen LogP contribution in [0.5, 0.6) is 0 Å². The average molecular weight is 218 g/mol. The quantitative estimate of drug-likeness (QED) is 0.689. The van der Waals surface area contributed by atoms with Crippen LogP contribution in [0.2, 0.25) is 0 Å². The molecular formula is C9H18N2O2S. The molecule has 1 heterocycles. The van der Waals surface area contributed by atoms with Crippen molar-refractivity contribution in [1.29, 1.82) is 0 Å². The fraction of sp³-hybridized carbons (Fsp3) is 1.00. The smallest absolute Gasteiger partial charge is 0.152 e. The van der Waals surface area contributed by atoms with Crippen LogP contribution < -0.4 is 5.32 Å². The minimum Gasteiger partial charge on any atom is -0.313 e. The first-order valence-electron chi connectivity index (χ1n) is 5.32. The van der Waals surface area contributed by atoms with Crippen molar-refractivity contribution in [1.82, 2.24) is 10.2 Å². The minimum absolute atomic E-state index is 0.344. The molecule has 0 atom stereocenters. The van der Waals surface area contributed by atoms with Gasteiger partial charge in [0.2, 0.25) is 0 Å². The number of hydrogen-bond donors (Lipinski definition) is 1. The van der Waals surface area contributed by atoms with E-state index >= 15 is 0 Å². The van der Waals surface area contributed by atoms with Crippen LogP contribution in [-0.2, 0) is 9.84 Å². The standard InChI is InChI=1S/C9H18N2O2S/c12-14(13)7-5-11(6-8-14)4-3-10-9-1-2-9/h9-10H,1-8H2. The molecule has 1 saturated carbocycles. The fourth-order valence-electron chi connectivity index (χ4n) is 1.69. The molecule has 5 heteroatoms. The number of hydrogen-bond acceptors (Lipinski definition) is 4. The van der Waals surface area contributed by atoms with Gasteiger partial charge < -0.3 is 10.2 Å². The molecule has 2 aliphatic rings. The molecule has 0 aromatic carbocycles. The Balaban J connectivity index is 1.62. The van der Waals surface area contributed by atoms with Crippen LogP contribution >= 0.6 is 0 Å². The summed E-state index contributed by atoms with van der Waals surface area (Å²) in [5, 5.41) is 3.43. The molecule has 1 aliphatic carbocycles. The second-order valence-corrected chi connectivity index (χ2v) is 6.53. The van der Waals surface area contributed by atoms with Gasteiger partial charge in [0.1, 0.15) is 0 Å². The van der Waals surface area contributed by atoms with E-state index in [4.69, 9.17) is 0 Å². The van der Waals surface area contributed by atoms with Crippen molar-refractivity contribution in [3.63, 3.8) is 0 Å². The van der Waals surface area contributed by atoms with Crippen LogP contribution in [-0.4, -0.2) is 57.0 Å². The maximum atomic E-state index is 11.1. The molecule has 0 aromatic heterocycles. The van der Waals surface area contributed by atoms with E-state index in [0.717, 1.165) is 19.1 Å². The van der Waals surface area contributed by atoms with Crippen molar-refractivity contribution in [3.8, 4) is 0 Å². The average Bonchev–Trinajstić information content (AvgIpc) is 2.92. The first-order chi connectivity index (χ1) is 6.66. The normalized spacial score (nSPS) is 27.7. The predicted molar refractivity (Wildman–Crippen MR) is 56.1 cm³/mol. The van der Waals surface area contributed by atoms with Gasteiger partial charge in [-0.05, 0) is 12.8 Å². The molecule has 2 rings (SSSR count). The van der Waals surface area contributed by atoms with Crippen LogP contribution in [0.15, 0.2) is 0 Å². The predicted octanol–water partition coefficient (Wildman–Crippen LogP) is -0.531. The van der Waals surface area contributed by atoms with Crippen molar-refractivity contribution in [2.45, 2.75) is 18.9 Å². The van der Waals surface area contributed by atoms with Crippen LogP contribution in [0.1, 0.15) is 12.8 Å². The molecule has 0 spiro atoms. The Morgan fingerprint density at radius 3 is 2.43 bits per heavy atom. The number of nitrogens with one attached hydrogen (secondary N) is 1. The molecular weight excluding hydrogens is 200 g/mol. The van der Waals surface area contributed by atoms with Crippen molar-refractivity contribution in [3.05, 3.63) is 0 Å². The van der Waals surface area contributed by atoms with Crippen LogP contribution in [0.4, 0.5) is 0 Å². The summed E-state index contributed by atoms with van der Waals surface area (Å²) in [6.45, 7) is 3.43. The van der Waals surface area contributed by atoms with Gasteiger partial charge in [-0.25, -0.2) is 8.42 Å². The second-order valence-electron chi connectivity index (χ2n) is 4.22. The van der Waals surface area contributed by atoms with E-state index in [1.807, 2.05) is 0 Å². The minimum atomic E-state index is -2.71. The summed E-state index contributed by atoms with van der Waals surface area (Å²) in [4.78, 5) is 2.23. The summed E-state index contributed by atoms with van der Waals surface area (Å²) in [6, 6.07) is 0.753. The lowest BCUT2D eigenvalue weighted by atomic mass is 10.4. The van der Waals surface area contributed by atoms with Gasteiger partial charge in [0.05, 0.1) is 11.5 Å². The van der Waals surface area contributed by atoms with Gasteiger partial charge in [-0.2, -0.15) is 0 Å². The van der Waals surface area contributed by atoms with Gasteiger partial charge in [-0.1, -0.05) is 0 Å². The SMILES string of the molecule is O=S1(=O)CCN(CCNC2CC2)CC1. The maximum absolute atomic E-state index is 11.1. The molecule has 4 nitrogen and oxygen atoms in total. The van der Waals surface area contributed by atoms with E-state index in [2.05, 4.69) is 10.2 Å². The summed E-state index contributed by atoms with van der Waals surface area (Å²) in [5.41, 5.74) is 0. The van der Waals surface area contributed by atoms with Gasteiger partial charge >= 0.3 is 0 Å². The number of nitrogens with zero attached hydrogens (tertiary/aromatic N) is 1. The molecule has 0 bridgehead atoms. The van der Waals surface area contributed by atoms with Gasteiger partial charge in [-0.3, -0.25) is 0 Å². The zero-order chi connectivity index (χ0) is 10.0. The molecule has 0 radical (unpaired) electrons. The molecule has 14 heavy (non-hydrogen) atoms. The lowest BCUT2D eigenvalue weighted by Gasteiger charge is -2.26. The van der Waals surface area contributed by atoms with Crippen molar-refractivity contribution in [2.75, 3.05) is 37.7 Å². The Labute approximate surface area is 85.6 Å². The highest BCUT2D eigenvalue weighted by molar-refractivity contribution is 7.91. The molecule has 82 valence electrons. The molecule has 1 aliphatic heterocycles. The molecule has 1 saturated heterocycles. The molecule has 0 aromatic rings. The highest BCUT2D eigenvalue weighted by Crippen LogP contribution is 2.18. The van der Waals surface area contributed by atoms with E-state index in [1.165, 1.54) is 12.8 Å². The molecule has 2 fully saturated rings. The summed E-state index contributed by atoms with van der Waals surface area (Å²) >= 11 is 0. The van der Waals surface area contributed by atoms with E-state index in [1.54, 1.807) is 0 Å². The molecule has 0 amide bonds. The first kappa shape index (κ1) is 10.4. The van der Waals surface area contributed by atoms with Crippen molar-refractivity contribution >= 4 is 9.84 Å². The van der Waals surface area contributed by atoms with Crippen molar-refractivity contribution in [2.24, 2.45) is 0 Å². The largest absolute Gasteiger partial charge is 0.313 e. The maximum Gasteiger partial charge on any atom is 0.152 e. The number of rotatable bonds is 4. The Morgan fingerprint density at radius 1 is 1.21 bits per heavy atom. The summed E-state index contributed by atoms with van der Waals surface area (Å²) < 4.78 is 22.3. The van der Waals surface area contributed by atoms with Gasteiger partial charge in [0.25, 0.3) is 0 Å². The first-order valence-corrected chi connectivity index (χ1v) is 7.14. The summed E-state index contributed by atoms with van der Waals surface area (Å²) in [6.07, 6.45) is 2.63. The third-order valence-corrected chi connectivity index (χ3v) is 4.48. The van der Waals surface area contributed by atoms with Crippen molar-refractivity contribution < 1.29 is 8.42 Å². The Morgan fingerprint density at radius 2 is 1.86 bits per heavy atom. The van der Waals surface area contributed by atoms with E-state index in [0.29, 0.717) is 24.6 Å². The van der Waals surface area contributed by atoms with Gasteiger partial charge in [0, 0.05) is 32.2 Å². The van der Waals surface area contributed by atoms with Gasteiger partial charge in [-0.15, -0.1) is 0 Å². The highest BCUT2D eigenvalue weighted by atomic mass is 32.2. The monoisotopic (exact) mass is 218 g/mol. The Kier molecular flexibility index (Phi) is 3.09. The lowest BCUT2D eigenvalue weighted by molar-refractivity contribution is 0.294. The third-order valence-electron chi connectivity index (χ3n) is 2.88. The topological polar surface area (TPSA) is 49.4 Å². The zero-order valence-electron chi connectivity index (χ0n) is 8.41. The third kappa shape index (κ3) is 3.22. The highest BCUT2D eigenvalue weighted by Gasteiger charge is 2.23. The molecule has 1 N–H and O–H groups in total. The van der Waals surface area contributed by atoms with Crippen LogP contribution in [0.3, 0.4) is 0 Å². The lowest BCUT2D eigenvalue weighted by Crippen LogP contribution is -2.43. The Hall–Kier alpha value is -0.130. The Bertz CT molecular complexity index is 271. The van der Waals surface area contributed by atoms with Crippen LogP contribution in [0.25, 0.3) is 0 Å². The van der Waals surface area contributed by atoms with E-state index in [-0.39, 0.29) is 0 Å². The molecule has 0 unspecified atom stereocenters. The summed E-state index contributed by atoms with van der Waals surface area (Å²) in [7, 11) is -2.71. The van der Waals surface area contributed by atoms with Crippen LogP contribution in [0, 0.1) is 0 Å². The van der Waals surface area contributed by atoms with Gasteiger partial charge in [0.15, 0.2) is 9.84 Å². The zero-order valence-corrected chi connectivity index (χ0v) is 9.22. The van der Waals surface area contributed by atoms with E-state index < -0.39 is 9.84 Å². The fourth-order valence-corrected chi connectivity index (χ4v) is 2.96. The second kappa shape index (κ2) is 4.16. The number of sulfone groups is 1. The summed E-state index contributed by atoms with van der Waals surface area (Å²) in [5.74, 6) is 0.687. The van der Waals surface area contributed by atoms with E-state index in [9.17, 15) is 8.42 Å².